The molecular weight excluding hydrogens is 294 g/mol. The average Bonchev–Trinajstić information content (AvgIpc) is 2.49. The van der Waals surface area contributed by atoms with E-state index in [1.54, 1.807) is 6.07 Å². The molecule has 0 spiro atoms. The Morgan fingerprint density at radius 2 is 1.89 bits per heavy atom. The van der Waals surface area contributed by atoms with Crippen molar-refractivity contribution in [2.75, 3.05) is 19.4 Å². The summed E-state index contributed by atoms with van der Waals surface area (Å²) in [7, 11) is -7.58. The van der Waals surface area contributed by atoms with Crippen molar-refractivity contribution in [3.05, 3.63) is 29.8 Å². The minimum Gasteiger partial charge on any atom is -0.268 e. The SMILES string of the molecule is CS(=O)(=O)OCCN1C(=O)c2ccccc2S1(=O)=O. The second kappa shape index (κ2) is 4.58. The fraction of sp³-hybridized carbons (Fsp3) is 0.300. The van der Waals surface area contributed by atoms with Gasteiger partial charge in [0.25, 0.3) is 26.0 Å². The van der Waals surface area contributed by atoms with Crippen LogP contribution < -0.4 is 0 Å². The first-order valence-corrected chi connectivity index (χ1v) is 8.49. The van der Waals surface area contributed by atoms with Gasteiger partial charge in [0.2, 0.25) is 0 Å². The Morgan fingerprint density at radius 3 is 2.47 bits per heavy atom. The monoisotopic (exact) mass is 305 g/mol. The van der Waals surface area contributed by atoms with E-state index in [2.05, 4.69) is 4.18 Å². The molecule has 2 rings (SSSR count). The molecule has 7 nitrogen and oxygen atoms in total. The van der Waals surface area contributed by atoms with E-state index in [0.717, 1.165) is 6.26 Å². The van der Waals surface area contributed by atoms with E-state index in [4.69, 9.17) is 0 Å². The molecule has 0 saturated heterocycles. The summed E-state index contributed by atoms with van der Waals surface area (Å²) in [5.74, 6) is -0.673. The quantitative estimate of drug-likeness (QED) is 0.715. The zero-order valence-corrected chi connectivity index (χ0v) is 11.6. The highest BCUT2D eigenvalue weighted by molar-refractivity contribution is 7.90. The molecule has 0 atom stereocenters. The molecular formula is C10H11NO6S2. The molecule has 1 aromatic rings. The van der Waals surface area contributed by atoms with Crippen LogP contribution in [-0.2, 0) is 24.3 Å². The Labute approximate surface area is 111 Å². The minimum absolute atomic E-state index is 0.0700. The highest BCUT2D eigenvalue weighted by Gasteiger charge is 2.40. The van der Waals surface area contributed by atoms with Gasteiger partial charge in [-0.25, -0.2) is 12.7 Å². The summed E-state index contributed by atoms with van der Waals surface area (Å²) in [6, 6.07) is 5.82. The summed E-state index contributed by atoms with van der Waals surface area (Å²) in [5.41, 5.74) is 0.0851. The molecule has 0 saturated carbocycles. The third-order valence-electron chi connectivity index (χ3n) is 2.50. The van der Waals surface area contributed by atoms with Crippen LogP contribution in [0.1, 0.15) is 10.4 Å². The molecule has 0 aromatic heterocycles. The van der Waals surface area contributed by atoms with E-state index in [-0.39, 0.29) is 17.0 Å². The molecule has 1 aliphatic heterocycles. The van der Waals surface area contributed by atoms with Crippen LogP contribution in [0.2, 0.25) is 0 Å². The average molecular weight is 305 g/mol. The first-order valence-electron chi connectivity index (χ1n) is 5.24. The topological polar surface area (TPSA) is 97.8 Å². The lowest BCUT2D eigenvalue weighted by Crippen LogP contribution is -2.33. The number of benzene rings is 1. The Kier molecular flexibility index (Phi) is 3.37. The van der Waals surface area contributed by atoms with Gasteiger partial charge >= 0.3 is 0 Å². The maximum Gasteiger partial charge on any atom is 0.269 e. The van der Waals surface area contributed by atoms with Gasteiger partial charge in [0, 0.05) is 0 Å². The lowest BCUT2D eigenvalue weighted by molar-refractivity contribution is 0.0857. The minimum atomic E-state index is -3.90. The van der Waals surface area contributed by atoms with Crippen molar-refractivity contribution in [2.45, 2.75) is 4.90 Å². The van der Waals surface area contributed by atoms with Crippen molar-refractivity contribution < 1.29 is 25.8 Å². The smallest absolute Gasteiger partial charge is 0.268 e. The highest BCUT2D eigenvalue weighted by atomic mass is 32.2. The first-order chi connectivity index (χ1) is 8.73. The van der Waals surface area contributed by atoms with Crippen LogP contribution in [-0.4, -0.2) is 46.5 Å². The lowest BCUT2D eigenvalue weighted by atomic mass is 10.2. The van der Waals surface area contributed by atoms with Crippen LogP contribution in [0.4, 0.5) is 0 Å². The second-order valence-electron chi connectivity index (χ2n) is 3.90. The number of carbonyl (C=O) groups is 1. The molecule has 1 aliphatic rings. The normalized spacial score (nSPS) is 17.5. The van der Waals surface area contributed by atoms with Crippen LogP contribution in [0, 0.1) is 0 Å². The number of hydrogen-bond acceptors (Lipinski definition) is 6. The zero-order chi connectivity index (χ0) is 14.3. The number of fused-ring (bicyclic) bond motifs is 1. The lowest BCUT2D eigenvalue weighted by Gasteiger charge is -2.14. The van der Waals surface area contributed by atoms with Crippen molar-refractivity contribution in [2.24, 2.45) is 0 Å². The Bertz CT molecular complexity index is 722. The maximum absolute atomic E-state index is 12.1. The van der Waals surface area contributed by atoms with Gasteiger partial charge in [0.05, 0.1) is 25.0 Å². The number of sulfonamides is 1. The predicted molar refractivity (Wildman–Crippen MR) is 65.5 cm³/mol. The van der Waals surface area contributed by atoms with E-state index in [1.165, 1.54) is 18.2 Å². The summed E-state index contributed by atoms with van der Waals surface area (Å²) < 4.78 is 50.7. The molecule has 0 bridgehead atoms. The predicted octanol–water partition coefficient (Wildman–Crippen LogP) is -0.193. The van der Waals surface area contributed by atoms with Crippen molar-refractivity contribution in [1.82, 2.24) is 4.31 Å². The third-order valence-corrected chi connectivity index (χ3v) is 4.94. The number of hydrogen-bond donors (Lipinski definition) is 0. The van der Waals surface area contributed by atoms with E-state index < -0.39 is 32.7 Å². The number of nitrogens with zero attached hydrogens (tertiary/aromatic N) is 1. The van der Waals surface area contributed by atoms with Gasteiger partial charge in [0.15, 0.2) is 0 Å². The molecule has 0 fully saturated rings. The van der Waals surface area contributed by atoms with Crippen LogP contribution in [0.3, 0.4) is 0 Å². The largest absolute Gasteiger partial charge is 0.269 e. The van der Waals surface area contributed by atoms with Gasteiger partial charge in [-0.15, -0.1) is 0 Å². The first kappa shape index (κ1) is 14.0. The van der Waals surface area contributed by atoms with Gasteiger partial charge in [0.1, 0.15) is 4.90 Å². The van der Waals surface area contributed by atoms with E-state index >= 15 is 0 Å². The molecule has 1 amide bonds. The van der Waals surface area contributed by atoms with E-state index in [9.17, 15) is 21.6 Å². The molecule has 19 heavy (non-hydrogen) atoms. The van der Waals surface area contributed by atoms with Crippen molar-refractivity contribution in [3.8, 4) is 0 Å². The maximum atomic E-state index is 12.1. The molecule has 0 unspecified atom stereocenters. The summed E-state index contributed by atoms with van der Waals surface area (Å²) in [6.45, 7) is -0.749. The molecule has 0 radical (unpaired) electrons. The standard InChI is InChI=1S/C10H11NO6S2/c1-18(13,14)17-7-6-11-10(12)8-4-2-3-5-9(8)19(11,15)16/h2-5H,6-7H2,1H3. The second-order valence-corrected chi connectivity index (χ2v) is 7.38. The Hall–Kier alpha value is -1.45. The fourth-order valence-corrected chi connectivity index (χ4v) is 3.65. The zero-order valence-electron chi connectivity index (χ0n) is 9.94. The van der Waals surface area contributed by atoms with Gasteiger partial charge in [-0.3, -0.25) is 8.98 Å². The molecule has 1 aromatic carbocycles. The van der Waals surface area contributed by atoms with Crippen molar-refractivity contribution in [1.29, 1.82) is 0 Å². The van der Waals surface area contributed by atoms with Crippen LogP contribution in [0.5, 0.6) is 0 Å². The Balaban J connectivity index is 2.24. The molecule has 104 valence electrons. The van der Waals surface area contributed by atoms with Gasteiger partial charge in [-0.05, 0) is 12.1 Å². The number of amides is 1. The number of carbonyl (C=O) groups excluding carboxylic acids is 1. The molecule has 0 N–H and O–H groups in total. The summed E-state index contributed by atoms with van der Waals surface area (Å²) in [5, 5.41) is 0. The number of rotatable bonds is 4. The summed E-state index contributed by atoms with van der Waals surface area (Å²) in [6.07, 6.45) is 0.849. The molecule has 0 aliphatic carbocycles. The van der Waals surface area contributed by atoms with Gasteiger partial charge < -0.3 is 0 Å². The highest BCUT2D eigenvalue weighted by Crippen LogP contribution is 2.29. The molecule has 1 heterocycles. The summed E-state index contributed by atoms with van der Waals surface area (Å²) in [4.78, 5) is 11.8. The third kappa shape index (κ3) is 2.62. The van der Waals surface area contributed by atoms with E-state index in [0.29, 0.717) is 4.31 Å². The Morgan fingerprint density at radius 1 is 1.26 bits per heavy atom. The van der Waals surface area contributed by atoms with Crippen LogP contribution in [0.15, 0.2) is 29.2 Å². The molecule has 9 heteroatoms. The van der Waals surface area contributed by atoms with Gasteiger partial charge in [-0.2, -0.15) is 8.42 Å². The van der Waals surface area contributed by atoms with Crippen LogP contribution >= 0.6 is 0 Å². The van der Waals surface area contributed by atoms with Gasteiger partial charge in [-0.1, -0.05) is 12.1 Å². The summed E-state index contributed by atoms with van der Waals surface area (Å²) >= 11 is 0. The van der Waals surface area contributed by atoms with Crippen molar-refractivity contribution >= 4 is 26.0 Å². The van der Waals surface area contributed by atoms with Crippen LogP contribution in [0.25, 0.3) is 0 Å². The van der Waals surface area contributed by atoms with E-state index in [1.807, 2.05) is 0 Å². The van der Waals surface area contributed by atoms with Crippen molar-refractivity contribution in [3.63, 3.8) is 0 Å². The fourth-order valence-electron chi connectivity index (χ4n) is 1.72.